The molecule has 4 rings (SSSR count). The molecule has 2 aromatic rings. The molecule has 1 aliphatic heterocycles. The first-order chi connectivity index (χ1) is 14.1. The second-order valence-corrected chi connectivity index (χ2v) is 9.47. The van der Waals surface area contributed by atoms with Crippen molar-refractivity contribution >= 4 is 28.6 Å². The van der Waals surface area contributed by atoms with E-state index in [1.807, 2.05) is 30.7 Å². The molecule has 0 atom stereocenters. The maximum absolute atomic E-state index is 13.4. The third kappa shape index (κ3) is 3.74. The van der Waals surface area contributed by atoms with E-state index in [1.165, 1.54) is 0 Å². The van der Waals surface area contributed by atoms with Crippen LogP contribution < -0.4 is 16.3 Å². The highest BCUT2D eigenvalue weighted by molar-refractivity contribution is 6.35. The highest BCUT2D eigenvalue weighted by atomic mass is 35.5. The number of nitrogens with zero attached hydrogens (tertiary/aromatic N) is 4. The van der Waals surface area contributed by atoms with Gasteiger partial charge in [0, 0.05) is 13.0 Å². The predicted octanol–water partition coefficient (Wildman–Crippen LogP) is 2.27. The summed E-state index contributed by atoms with van der Waals surface area (Å²) < 4.78 is 7.23. The maximum atomic E-state index is 13.4. The van der Waals surface area contributed by atoms with Crippen LogP contribution in [0.1, 0.15) is 39.4 Å². The molecular formula is C21H28ClN5O3. The zero-order valence-corrected chi connectivity index (χ0v) is 18.4. The van der Waals surface area contributed by atoms with Gasteiger partial charge in [-0.25, -0.2) is 14.5 Å². The van der Waals surface area contributed by atoms with Gasteiger partial charge >= 0.3 is 6.09 Å². The Morgan fingerprint density at radius 2 is 2.03 bits per heavy atom. The van der Waals surface area contributed by atoms with Gasteiger partial charge in [0.25, 0.3) is 5.56 Å². The number of fused-ring (bicyclic) bond motifs is 1. The molecule has 1 saturated carbocycles. The molecule has 8 nitrogen and oxygen atoms in total. The van der Waals surface area contributed by atoms with Gasteiger partial charge in [0.2, 0.25) is 0 Å². The van der Waals surface area contributed by atoms with Crippen LogP contribution in [0.25, 0.3) is 10.9 Å². The fraction of sp³-hybridized carbons (Fsp3) is 0.571. The van der Waals surface area contributed by atoms with Gasteiger partial charge in [0.1, 0.15) is 11.4 Å². The van der Waals surface area contributed by atoms with Crippen molar-refractivity contribution in [3.63, 3.8) is 0 Å². The predicted molar refractivity (Wildman–Crippen MR) is 117 cm³/mol. The number of piperazine rings is 1. The molecule has 2 fully saturated rings. The van der Waals surface area contributed by atoms with Gasteiger partial charge < -0.3 is 15.5 Å². The first-order valence-corrected chi connectivity index (χ1v) is 10.7. The molecule has 2 N–H and O–H groups in total. The standard InChI is InChI=1S/C21H28ClN5O3/c1-20(2,3)30-19(29)26-12-11-25(13-21(26)8-9-21)27-16(7-10-23)24-15-6-4-5-14(22)17(15)18(27)28/h4-6H,7-13,23H2,1-3H3. The Hall–Kier alpha value is -2.32. The normalized spacial score (nSPS) is 18.2. The van der Waals surface area contributed by atoms with Crippen LogP contribution in [0.3, 0.4) is 0 Å². The van der Waals surface area contributed by atoms with E-state index in [4.69, 9.17) is 22.1 Å². The first-order valence-electron chi connectivity index (χ1n) is 10.3. The highest BCUT2D eigenvalue weighted by Crippen LogP contribution is 2.44. The number of aromatic nitrogens is 2. The molecule has 1 amide bonds. The Balaban J connectivity index is 1.70. The second kappa shape index (κ2) is 7.42. The minimum absolute atomic E-state index is 0.199. The summed E-state index contributed by atoms with van der Waals surface area (Å²) in [6.45, 7) is 7.49. The van der Waals surface area contributed by atoms with Crippen LogP contribution in [0.5, 0.6) is 0 Å². The number of hydrogen-bond acceptors (Lipinski definition) is 6. The van der Waals surface area contributed by atoms with E-state index in [0.29, 0.717) is 54.3 Å². The number of nitrogens with two attached hydrogens (primary N) is 1. The Labute approximate surface area is 180 Å². The number of ether oxygens (including phenoxy) is 1. The lowest BCUT2D eigenvalue weighted by Gasteiger charge is -2.43. The Bertz CT molecular complexity index is 1040. The van der Waals surface area contributed by atoms with E-state index < -0.39 is 5.60 Å². The Morgan fingerprint density at radius 3 is 2.67 bits per heavy atom. The molecule has 1 saturated heterocycles. The van der Waals surface area contributed by atoms with Gasteiger partial charge in [-0.3, -0.25) is 9.69 Å². The lowest BCUT2D eigenvalue weighted by Crippen LogP contribution is -2.62. The largest absolute Gasteiger partial charge is 0.444 e. The zero-order chi connectivity index (χ0) is 21.7. The summed E-state index contributed by atoms with van der Waals surface area (Å²) >= 11 is 6.33. The molecule has 1 aliphatic carbocycles. The summed E-state index contributed by atoms with van der Waals surface area (Å²) in [6.07, 6.45) is 1.93. The van der Waals surface area contributed by atoms with Crippen molar-refractivity contribution in [1.29, 1.82) is 0 Å². The van der Waals surface area contributed by atoms with Crippen LogP contribution in [0.4, 0.5) is 4.79 Å². The van der Waals surface area contributed by atoms with Gasteiger partial charge in [-0.05, 0) is 52.3 Å². The summed E-state index contributed by atoms with van der Waals surface area (Å²) in [7, 11) is 0. The fourth-order valence-corrected chi connectivity index (χ4v) is 4.36. The topological polar surface area (TPSA) is 93.7 Å². The average molecular weight is 434 g/mol. The van der Waals surface area contributed by atoms with Crippen LogP contribution in [0.15, 0.2) is 23.0 Å². The van der Waals surface area contributed by atoms with Gasteiger partial charge in [-0.2, -0.15) is 0 Å². The first kappa shape index (κ1) is 20.9. The monoisotopic (exact) mass is 433 g/mol. The van der Waals surface area contributed by atoms with E-state index in [2.05, 4.69) is 4.98 Å². The van der Waals surface area contributed by atoms with Crippen LogP contribution in [0, 0.1) is 0 Å². The average Bonchev–Trinajstić information content (AvgIpc) is 3.39. The Morgan fingerprint density at radius 1 is 1.30 bits per heavy atom. The number of halogens is 1. The summed E-state index contributed by atoms with van der Waals surface area (Å²) in [5, 5.41) is 2.77. The van der Waals surface area contributed by atoms with Crippen LogP contribution in [-0.4, -0.2) is 58.0 Å². The van der Waals surface area contributed by atoms with Gasteiger partial charge in [0.05, 0.1) is 34.6 Å². The number of carbonyl (C=O) groups excluding carboxylic acids is 1. The van der Waals surface area contributed by atoms with Gasteiger partial charge in [-0.15, -0.1) is 0 Å². The molecule has 9 heteroatoms. The molecule has 2 heterocycles. The maximum Gasteiger partial charge on any atom is 0.410 e. The molecule has 0 bridgehead atoms. The van der Waals surface area contributed by atoms with Crippen LogP contribution >= 0.6 is 11.6 Å². The zero-order valence-electron chi connectivity index (χ0n) is 17.7. The molecule has 0 unspecified atom stereocenters. The van der Waals surface area contributed by atoms with E-state index in [0.717, 1.165) is 12.8 Å². The third-order valence-corrected chi connectivity index (χ3v) is 5.93. The molecule has 2 aliphatic rings. The van der Waals surface area contributed by atoms with E-state index in [1.54, 1.807) is 22.9 Å². The van der Waals surface area contributed by atoms with Crippen LogP contribution in [0.2, 0.25) is 5.02 Å². The molecule has 30 heavy (non-hydrogen) atoms. The van der Waals surface area contributed by atoms with Gasteiger partial charge in [-0.1, -0.05) is 17.7 Å². The Kier molecular flexibility index (Phi) is 5.18. The quantitative estimate of drug-likeness (QED) is 0.798. The summed E-state index contributed by atoms with van der Waals surface area (Å²) in [6, 6.07) is 5.27. The third-order valence-electron chi connectivity index (χ3n) is 5.61. The van der Waals surface area contributed by atoms with Crippen molar-refractivity contribution in [2.24, 2.45) is 5.73 Å². The molecular weight excluding hydrogens is 406 g/mol. The van der Waals surface area contributed by atoms with Crippen molar-refractivity contribution in [2.75, 3.05) is 31.2 Å². The molecule has 1 spiro atoms. The summed E-state index contributed by atoms with van der Waals surface area (Å²) in [4.78, 5) is 32.7. The molecule has 162 valence electrons. The number of amides is 1. The van der Waals surface area contributed by atoms with E-state index in [9.17, 15) is 9.59 Å². The number of hydrogen-bond donors (Lipinski definition) is 1. The number of rotatable bonds is 3. The lowest BCUT2D eigenvalue weighted by atomic mass is 10.1. The minimum Gasteiger partial charge on any atom is -0.444 e. The van der Waals surface area contributed by atoms with Crippen molar-refractivity contribution < 1.29 is 9.53 Å². The minimum atomic E-state index is -0.547. The van der Waals surface area contributed by atoms with Gasteiger partial charge in [0.15, 0.2) is 0 Å². The number of carbonyl (C=O) groups is 1. The molecule has 1 aromatic carbocycles. The van der Waals surface area contributed by atoms with E-state index in [-0.39, 0.29) is 17.2 Å². The fourth-order valence-electron chi connectivity index (χ4n) is 4.11. The molecule has 0 radical (unpaired) electrons. The smallest absolute Gasteiger partial charge is 0.410 e. The lowest BCUT2D eigenvalue weighted by molar-refractivity contribution is 0.00895. The SMILES string of the molecule is CC(C)(C)OC(=O)N1CCN(n2c(CCN)nc3cccc(Cl)c3c2=O)CC12CC2. The van der Waals surface area contributed by atoms with E-state index >= 15 is 0 Å². The molecule has 1 aromatic heterocycles. The van der Waals surface area contributed by atoms with Crippen molar-refractivity contribution in [2.45, 2.75) is 51.2 Å². The highest BCUT2D eigenvalue weighted by Gasteiger charge is 2.54. The van der Waals surface area contributed by atoms with Crippen molar-refractivity contribution in [3.8, 4) is 0 Å². The van der Waals surface area contributed by atoms with Crippen molar-refractivity contribution in [3.05, 3.63) is 39.4 Å². The summed E-state index contributed by atoms with van der Waals surface area (Å²) in [5.74, 6) is 0.610. The van der Waals surface area contributed by atoms with Crippen molar-refractivity contribution in [1.82, 2.24) is 14.6 Å². The number of benzene rings is 1. The second-order valence-electron chi connectivity index (χ2n) is 9.06. The summed E-state index contributed by atoms with van der Waals surface area (Å²) in [5.41, 5.74) is 5.31. The van der Waals surface area contributed by atoms with Crippen LogP contribution in [-0.2, 0) is 11.2 Å².